The minimum absolute atomic E-state index is 0.0823. The van der Waals surface area contributed by atoms with E-state index >= 15 is 0 Å². The number of carboxylic acids is 1. The van der Waals surface area contributed by atoms with Gasteiger partial charge in [-0.15, -0.1) is 0 Å². The summed E-state index contributed by atoms with van der Waals surface area (Å²) in [6.45, 7) is 7.02. The minimum atomic E-state index is -0.655. The number of hydrogen-bond donors (Lipinski definition) is 2. The smallest absolute Gasteiger partial charge is 0.303 e. The zero-order chi connectivity index (χ0) is 28.3. The molecule has 0 aliphatic heterocycles. The summed E-state index contributed by atoms with van der Waals surface area (Å²) in [6, 6.07) is 0. The zero-order valence-corrected chi connectivity index (χ0v) is 25.7. The second-order valence-electron chi connectivity index (χ2n) is 14.0. The van der Waals surface area contributed by atoms with E-state index in [4.69, 9.17) is 5.11 Å². The third kappa shape index (κ3) is 8.66. The molecular formula is C35H60O4. The Bertz CT molecular complexity index is 802. The van der Waals surface area contributed by atoms with Crippen LogP contribution in [-0.4, -0.2) is 28.1 Å². The number of ketones is 1. The van der Waals surface area contributed by atoms with Gasteiger partial charge in [-0.25, -0.2) is 0 Å². The molecule has 6 atom stereocenters. The van der Waals surface area contributed by atoms with E-state index in [1.165, 1.54) is 102 Å². The SMILES string of the molecule is CCCCCCCCCCCCCCCC(=O)O.C[C@]12CC[C@H]3[C@@H](CCC4=CC(=O)CC[C@@]43C)[C@@H]1CC[C@@H]2O. The second kappa shape index (κ2) is 15.7. The van der Waals surface area contributed by atoms with Gasteiger partial charge in [-0.3, -0.25) is 9.59 Å². The van der Waals surface area contributed by atoms with Crippen LogP contribution in [0.15, 0.2) is 11.6 Å². The molecule has 0 heterocycles. The topological polar surface area (TPSA) is 74.6 Å². The number of aliphatic hydroxyl groups is 1. The van der Waals surface area contributed by atoms with Crippen molar-refractivity contribution in [1.29, 1.82) is 0 Å². The van der Waals surface area contributed by atoms with Crippen molar-refractivity contribution < 1.29 is 19.8 Å². The van der Waals surface area contributed by atoms with E-state index in [0.717, 1.165) is 50.4 Å². The predicted octanol–water partition coefficient (Wildman–Crippen LogP) is 9.43. The third-order valence-electron chi connectivity index (χ3n) is 11.4. The highest BCUT2D eigenvalue weighted by Crippen LogP contribution is 2.65. The number of aliphatic hydroxyl groups excluding tert-OH is 1. The van der Waals surface area contributed by atoms with Gasteiger partial charge >= 0.3 is 5.97 Å². The van der Waals surface area contributed by atoms with Crippen LogP contribution in [0.5, 0.6) is 0 Å². The molecule has 0 bridgehead atoms. The Balaban J connectivity index is 0.000000220. The van der Waals surface area contributed by atoms with Gasteiger partial charge < -0.3 is 10.2 Å². The van der Waals surface area contributed by atoms with E-state index < -0.39 is 5.97 Å². The normalized spacial score (nSPS) is 33.3. The quantitative estimate of drug-likeness (QED) is 0.214. The lowest BCUT2D eigenvalue weighted by Crippen LogP contribution is -2.51. The highest BCUT2D eigenvalue weighted by Gasteiger charge is 2.58. The maximum absolute atomic E-state index is 11.8. The molecule has 0 saturated heterocycles. The van der Waals surface area contributed by atoms with Gasteiger partial charge in [0.1, 0.15) is 0 Å². The Morgan fingerprint density at radius 2 is 1.38 bits per heavy atom. The number of hydrogen-bond acceptors (Lipinski definition) is 3. The van der Waals surface area contributed by atoms with Gasteiger partial charge in [0.25, 0.3) is 0 Å². The molecule has 4 nitrogen and oxygen atoms in total. The molecule has 0 aromatic heterocycles. The summed E-state index contributed by atoms with van der Waals surface area (Å²) in [5.74, 6) is 1.92. The summed E-state index contributed by atoms with van der Waals surface area (Å²) in [6.07, 6.45) is 28.0. The Morgan fingerprint density at radius 1 is 0.795 bits per heavy atom. The number of allylic oxidation sites excluding steroid dienone is 1. The van der Waals surface area contributed by atoms with E-state index in [1.807, 2.05) is 6.08 Å². The molecule has 4 aliphatic carbocycles. The highest BCUT2D eigenvalue weighted by atomic mass is 16.4. The molecule has 4 aliphatic rings. The average molecular weight is 545 g/mol. The second-order valence-corrected chi connectivity index (χ2v) is 14.0. The summed E-state index contributed by atoms with van der Waals surface area (Å²) in [4.78, 5) is 22.1. The Morgan fingerprint density at radius 3 is 1.97 bits per heavy atom. The molecule has 3 fully saturated rings. The van der Waals surface area contributed by atoms with Gasteiger partial charge in [-0.1, -0.05) is 103 Å². The zero-order valence-electron chi connectivity index (χ0n) is 25.7. The van der Waals surface area contributed by atoms with Crippen molar-refractivity contribution in [3.8, 4) is 0 Å². The summed E-state index contributed by atoms with van der Waals surface area (Å²) >= 11 is 0. The van der Waals surface area contributed by atoms with E-state index in [0.29, 0.717) is 18.1 Å². The monoisotopic (exact) mass is 544 g/mol. The van der Waals surface area contributed by atoms with Crippen molar-refractivity contribution in [3.05, 3.63) is 11.6 Å². The molecule has 224 valence electrons. The van der Waals surface area contributed by atoms with Crippen molar-refractivity contribution in [2.75, 3.05) is 0 Å². The van der Waals surface area contributed by atoms with Crippen molar-refractivity contribution in [1.82, 2.24) is 0 Å². The minimum Gasteiger partial charge on any atom is -0.481 e. The molecule has 4 rings (SSSR count). The van der Waals surface area contributed by atoms with Gasteiger partial charge in [-0.2, -0.15) is 0 Å². The lowest BCUT2D eigenvalue weighted by atomic mass is 9.47. The first-order chi connectivity index (χ1) is 18.7. The van der Waals surface area contributed by atoms with Crippen molar-refractivity contribution in [2.45, 2.75) is 168 Å². The van der Waals surface area contributed by atoms with Gasteiger partial charge in [0.05, 0.1) is 6.10 Å². The standard InChI is InChI=1S/C19H28O2.C16H32O2/c1-18-9-7-13(20)11-12(18)3-4-14-15-5-6-17(21)19(15,2)10-8-16(14)18;1-2-3-4-5-6-7-8-9-10-11-12-13-14-15-16(17)18/h11,14-17,21H,3-10H2,1-2H3;2-15H2,1H3,(H,17,18)/t14-,15-,16-,17-,18-,19-;/m0./s1. The van der Waals surface area contributed by atoms with E-state index in [-0.39, 0.29) is 16.9 Å². The van der Waals surface area contributed by atoms with Crippen LogP contribution in [0, 0.1) is 28.6 Å². The fraction of sp³-hybridized carbons (Fsp3) is 0.886. The fourth-order valence-corrected chi connectivity index (χ4v) is 8.83. The molecule has 4 heteroatoms. The van der Waals surface area contributed by atoms with Crippen LogP contribution in [0.25, 0.3) is 0 Å². The average Bonchev–Trinajstić information content (AvgIpc) is 3.21. The third-order valence-corrected chi connectivity index (χ3v) is 11.4. The van der Waals surface area contributed by atoms with Gasteiger partial charge in [-0.05, 0) is 86.0 Å². The Labute approximate surface area is 239 Å². The summed E-state index contributed by atoms with van der Waals surface area (Å²) in [5.41, 5.74) is 1.89. The first kappa shape index (κ1) is 32.4. The Hall–Kier alpha value is -1.16. The molecule has 0 aromatic carbocycles. The maximum Gasteiger partial charge on any atom is 0.303 e. The van der Waals surface area contributed by atoms with Crippen LogP contribution in [0.2, 0.25) is 0 Å². The molecule has 0 spiro atoms. The van der Waals surface area contributed by atoms with Crippen molar-refractivity contribution in [3.63, 3.8) is 0 Å². The number of aliphatic carboxylic acids is 1. The van der Waals surface area contributed by atoms with Crippen LogP contribution >= 0.6 is 0 Å². The summed E-state index contributed by atoms with van der Waals surface area (Å²) in [7, 11) is 0. The predicted molar refractivity (Wildman–Crippen MR) is 161 cm³/mol. The molecule has 0 aromatic rings. The number of fused-ring (bicyclic) bond motifs is 5. The van der Waals surface area contributed by atoms with Gasteiger partial charge in [0.2, 0.25) is 0 Å². The summed E-state index contributed by atoms with van der Waals surface area (Å²) < 4.78 is 0. The maximum atomic E-state index is 11.8. The number of carbonyl (C=O) groups is 2. The molecule has 2 N–H and O–H groups in total. The molecule has 0 unspecified atom stereocenters. The molecule has 0 amide bonds. The van der Waals surface area contributed by atoms with Crippen LogP contribution in [0.1, 0.15) is 162 Å². The van der Waals surface area contributed by atoms with E-state index in [1.54, 1.807) is 0 Å². The number of carbonyl (C=O) groups excluding carboxylic acids is 1. The lowest BCUT2D eigenvalue weighted by Gasteiger charge is -2.57. The van der Waals surface area contributed by atoms with Crippen LogP contribution in [0.3, 0.4) is 0 Å². The Kier molecular flexibility index (Phi) is 13.1. The van der Waals surface area contributed by atoms with Crippen LogP contribution < -0.4 is 0 Å². The van der Waals surface area contributed by atoms with Gasteiger partial charge in [0.15, 0.2) is 5.78 Å². The molecule has 3 saturated carbocycles. The summed E-state index contributed by atoms with van der Waals surface area (Å²) in [5, 5.41) is 18.9. The number of unbranched alkanes of at least 4 members (excludes halogenated alkanes) is 12. The van der Waals surface area contributed by atoms with Crippen molar-refractivity contribution >= 4 is 11.8 Å². The first-order valence-corrected chi connectivity index (χ1v) is 16.9. The van der Waals surface area contributed by atoms with Crippen LogP contribution in [-0.2, 0) is 9.59 Å². The number of rotatable bonds is 14. The molecular weight excluding hydrogens is 484 g/mol. The number of carboxylic acid groups (broad SMARTS) is 1. The lowest BCUT2D eigenvalue weighted by molar-refractivity contribution is -0.137. The molecule has 0 radical (unpaired) electrons. The fourth-order valence-electron chi connectivity index (χ4n) is 8.83. The molecule has 39 heavy (non-hydrogen) atoms. The largest absolute Gasteiger partial charge is 0.481 e. The van der Waals surface area contributed by atoms with E-state index in [2.05, 4.69) is 20.8 Å². The van der Waals surface area contributed by atoms with E-state index in [9.17, 15) is 14.7 Å². The van der Waals surface area contributed by atoms with Crippen molar-refractivity contribution in [2.24, 2.45) is 28.6 Å². The van der Waals surface area contributed by atoms with Gasteiger partial charge in [0, 0.05) is 12.8 Å². The van der Waals surface area contributed by atoms with Crippen LogP contribution in [0.4, 0.5) is 0 Å². The first-order valence-electron chi connectivity index (χ1n) is 16.9. The highest BCUT2D eigenvalue weighted by molar-refractivity contribution is 5.91.